The van der Waals surface area contributed by atoms with E-state index < -0.39 is 5.79 Å². The van der Waals surface area contributed by atoms with E-state index in [1.165, 1.54) is 0 Å². The van der Waals surface area contributed by atoms with Crippen molar-refractivity contribution < 1.29 is 19.0 Å². The van der Waals surface area contributed by atoms with Crippen LogP contribution in [0.5, 0.6) is 0 Å². The van der Waals surface area contributed by atoms with Crippen LogP contribution in [-0.2, 0) is 19.0 Å². The van der Waals surface area contributed by atoms with Crippen molar-refractivity contribution in [2.45, 2.75) is 89.8 Å². The fourth-order valence-corrected chi connectivity index (χ4v) is 3.05. The molecule has 0 aromatic heterocycles. The second kappa shape index (κ2) is 6.23. The average molecular weight is 270 g/mol. The highest BCUT2D eigenvalue weighted by Crippen LogP contribution is 2.41. The van der Waals surface area contributed by atoms with E-state index in [9.17, 15) is 4.79 Å². The molecule has 0 amide bonds. The van der Waals surface area contributed by atoms with E-state index in [1.807, 2.05) is 13.8 Å². The van der Waals surface area contributed by atoms with Crippen LogP contribution in [0.3, 0.4) is 0 Å². The van der Waals surface area contributed by atoms with Gasteiger partial charge in [0.1, 0.15) is 0 Å². The molecule has 0 unspecified atom stereocenters. The lowest BCUT2D eigenvalue weighted by atomic mass is 10.0. The summed E-state index contributed by atoms with van der Waals surface area (Å²) in [4.78, 5) is 11.8. The molecule has 1 aliphatic heterocycles. The summed E-state index contributed by atoms with van der Waals surface area (Å²) < 4.78 is 17.4. The van der Waals surface area contributed by atoms with Gasteiger partial charge in [0.15, 0.2) is 5.79 Å². The number of ether oxygens (including phenoxy) is 3. The molecule has 4 heteroatoms. The first kappa shape index (κ1) is 14.8. The van der Waals surface area contributed by atoms with Gasteiger partial charge in [-0.15, -0.1) is 0 Å². The molecule has 2 atom stereocenters. The Labute approximate surface area is 115 Å². The Bertz CT molecular complexity index is 307. The van der Waals surface area contributed by atoms with Gasteiger partial charge in [-0.25, -0.2) is 0 Å². The topological polar surface area (TPSA) is 44.8 Å². The van der Waals surface area contributed by atoms with Gasteiger partial charge in [-0.1, -0.05) is 6.92 Å². The van der Waals surface area contributed by atoms with Crippen molar-refractivity contribution in [2.75, 3.05) is 0 Å². The first-order chi connectivity index (χ1) is 9.03. The Morgan fingerprint density at radius 3 is 2.47 bits per heavy atom. The van der Waals surface area contributed by atoms with Gasteiger partial charge in [-0.2, -0.15) is 0 Å². The summed E-state index contributed by atoms with van der Waals surface area (Å²) in [6.45, 7) is 5.87. The molecular formula is C15H26O4. The molecule has 110 valence electrons. The summed E-state index contributed by atoms with van der Waals surface area (Å²) in [5.74, 6) is -0.577. The first-order valence-corrected chi connectivity index (χ1v) is 7.58. The molecule has 2 aliphatic rings. The molecule has 0 bridgehead atoms. The van der Waals surface area contributed by atoms with Crippen LogP contribution in [-0.4, -0.2) is 30.1 Å². The van der Waals surface area contributed by atoms with E-state index in [4.69, 9.17) is 14.2 Å². The zero-order chi connectivity index (χ0) is 13.9. The minimum Gasteiger partial charge on any atom is -0.463 e. The van der Waals surface area contributed by atoms with Crippen molar-refractivity contribution in [1.29, 1.82) is 0 Å². The number of rotatable bonds is 4. The van der Waals surface area contributed by atoms with Crippen LogP contribution in [0.25, 0.3) is 0 Å². The molecule has 0 aromatic carbocycles. The highest BCUT2D eigenvalue weighted by molar-refractivity contribution is 5.70. The Kier molecular flexibility index (Phi) is 4.85. The van der Waals surface area contributed by atoms with Gasteiger partial charge < -0.3 is 14.2 Å². The van der Waals surface area contributed by atoms with E-state index in [0.29, 0.717) is 6.42 Å². The molecule has 1 saturated carbocycles. The molecule has 4 nitrogen and oxygen atoms in total. The van der Waals surface area contributed by atoms with Crippen molar-refractivity contribution >= 4 is 5.97 Å². The first-order valence-electron chi connectivity index (χ1n) is 7.58. The summed E-state index contributed by atoms with van der Waals surface area (Å²) in [6.07, 6.45) is 6.44. The van der Waals surface area contributed by atoms with Crippen molar-refractivity contribution in [3.63, 3.8) is 0 Å². The van der Waals surface area contributed by atoms with Gasteiger partial charge in [-0.05, 0) is 33.1 Å². The monoisotopic (exact) mass is 270 g/mol. The van der Waals surface area contributed by atoms with Gasteiger partial charge >= 0.3 is 5.97 Å². The molecule has 1 aliphatic carbocycles. The summed E-state index contributed by atoms with van der Waals surface area (Å²) in [5.41, 5.74) is 0. The summed E-state index contributed by atoms with van der Waals surface area (Å²) in [6, 6.07) is 0. The fourth-order valence-electron chi connectivity index (χ4n) is 3.05. The van der Waals surface area contributed by atoms with Crippen LogP contribution in [0.2, 0.25) is 0 Å². The van der Waals surface area contributed by atoms with Gasteiger partial charge in [0.2, 0.25) is 0 Å². The third-order valence-electron chi connectivity index (χ3n) is 3.87. The van der Waals surface area contributed by atoms with Crippen molar-refractivity contribution in [2.24, 2.45) is 0 Å². The maximum Gasteiger partial charge on any atom is 0.308 e. The Morgan fingerprint density at radius 2 is 1.89 bits per heavy atom. The van der Waals surface area contributed by atoms with Crippen LogP contribution < -0.4 is 0 Å². The summed E-state index contributed by atoms with van der Waals surface area (Å²) in [7, 11) is 0. The number of hydrogen-bond acceptors (Lipinski definition) is 4. The maximum absolute atomic E-state index is 11.8. The Balaban J connectivity index is 1.94. The molecule has 1 heterocycles. The lowest BCUT2D eigenvalue weighted by Crippen LogP contribution is -2.47. The van der Waals surface area contributed by atoms with E-state index >= 15 is 0 Å². The van der Waals surface area contributed by atoms with E-state index in [-0.39, 0.29) is 24.3 Å². The predicted octanol–water partition coefficient (Wildman–Crippen LogP) is 3.18. The second-order valence-corrected chi connectivity index (χ2v) is 5.98. The second-order valence-electron chi connectivity index (χ2n) is 5.98. The van der Waals surface area contributed by atoms with Gasteiger partial charge in [0.05, 0.1) is 24.7 Å². The van der Waals surface area contributed by atoms with E-state index in [2.05, 4.69) is 6.92 Å². The molecule has 1 spiro atoms. The standard InChI is InChI=1S/C15H26O4/c1-4-12-9-13(10-14(16)17-11(2)3)19-15(18-12)7-5-6-8-15/h11-13H,4-10H2,1-3H3/t12-,13-/m1/s1. The fraction of sp³-hybridized carbons (Fsp3) is 0.933. The molecule has 2 rings (SSSR count). The third-order valence-corrected chi connectivity index (χ3v) is 3.87. The largest absolute Gasteiger partial charge is 0.463 e. The van der Waals surface area contributed by atoms with Crippen molar-refractivity contribution in [3.8, 4) is 0 Å². The van der Waals surface area contributed by atoms with Gasteiger partial charge in [0, 0.05) is 19.3 Å². The number of hydrogen-bond donors (Lipinski definition) is 0. The van der Waals surface area contributed by atoms with Crippen LogP contribution in [0.15, 0.2) is 0 Å². The lowest BCUT2D eigenvalue weighted by molar-refractivity contribution is -0.314. The van der Waals surface area contributed by atoms with Gasteiger partial charge in [0.25, 0.3) is 0 Å². The molecule has 0 radical (unpaired) electrons. The minimum atomic E-state index is -0.415. The molecular weight excluding hydrogens is 244 g/mol. The Hall–Kier alpha value is -0.610. The zero-order valence-electron chi connectivity index (χ0n) is 12.3. The van der Waals surface area contributed by atoms with E-state index in [0.717, 1.165) is 38.5 Å². The van der Waals surface area contributed by atoms with Crippen LogP contribution in [0.1, 0.15) is 65.7 Å². The average Bonchev–Trinajstić information content (AvgIpc) is 2.75. The normalized spacial score (nSPS) is 29.9. The molecule has 0 N–H and O–H groups in total. The van der Waals surface area contributed by atoms with Gasteiger partial charge in [-0.3, -0.25) is 4.79 Å². The Morgan fingerprint density at radius 1 is 1.26 bits per heavy atom. The van der Waals surface area contributed by atoms with Crippen molar-refractivity contribution in [1.82, 2.24) is 0 Å². The predicted molar refractivity (Wildman–Crippen MR) is 71.7 cm³/mol. The maximum atomic E-state index is 11.8. The minimum absolute atomic E-state index is 0.0527. The number of esters is 1. The molecule has 2 fully saturated rings. The zero-order valence-corrected chi connectivity index (χ0v) is 12.3. The van der Waals surface area contributed by atoms with Crippen LogP contribution in [0, 0.1) is 0 Å². The quantitative estimate of drug-likeness (QED) is 0.736. The SMILES string of the molecule is CC[C@@H]1C[C@H](CC(=O)OC(C)C)OC2(CCCC2)O1. The summed E-state index contributed by atoms with van der Waals surface area (Å²) >= 11 is 0. The number of carbonyl (C=O) groups is 1. The third kappa shape index (κ3) is 3.93. The highest BCUT2D eigenvalue weighted by atomic mass is 16.7. The van der Waals surface area contributed by atoms with E-state index in [1.54, 1.807) is 0 Å². The van der Waals surface area contributed by atoms with Crippen LogP contribution >= 0.6 is 0 Å². The number of carbonyl (C=O) groups excluding carboxylic acids is 1. The molecule has 0 aromatic rings. The lowest BCUT2D eigenvalue weighted by Gasteiger charge is -2.42. The summed E-state index contributed by atoms with van der Waals surface area (Å²) in [5, 5.41) is 0. The molecule has 19 heavy (non-hydrogen) atoms. The van der Waals surface area contributed by atoms with Crippen molar-refractivity contribution in [3.05, 3.63) is 0 Å². The van der Waals surface area contributed by atoms with Crippen LogP contribution in [0.4, 0.5) is 0 Å². The highest BCUT2D eigenvalue weighted by Gasteiger charge is 2.44. The smallest absolute Gasteiger partial charge is 0.308 e. The molecule has 1 saturated heterocycles.